The van der Waals surface area contributed by atoms with Crippen molar-refractivity contribution in [2.24, 2.45) is 0 Å². The van der Waals surface area contributed by atoms with Crippen molar-refractivity contribution in [3.63, 3.8) is 0 Å². The summed E-state index contributed by atoms with van der Waals surface area (Å²) in [5, 5.41) is 16.6. The van der Waals surface area contributed by atoms with Crippen LogP contribution in [0.5, 0.6) is 5.75 Å². The number of phenolic OH excluding ortho intramolecular Hbond substituents is 1. The fourth-order valence-electron chi connectivity index (χ4n) is 4.31. The molecule has 2 N–H and O–H groups in total. The summed E-state index contributed by atoms with van der Waals surface area (Å²) >= 11 is 7.00. The lowest BCUT2D eigenvalue weighted by Gasteiger charge is -2.32. The average molecular weight is 633 g/mol. The Labute approximate surface area is 228 Å². The minimum atomic E-state index is -3.66. The van der Waals surface area contributed by atoms with E-state index in [2.05, 4.69) is 37.2 Å². The molecule has 188 valence electrons. The normalized spacial score (nSPS) is 13.6. The third-order valence-corrected chi connectivity index (χ3v) is 9.26. The maximum atomic E-state index is 14.2. The highest BCUT2D eigenvalue weighted by atomic mass is 79.9. The number of phenols is 1. The summed E-state index contributed by atoms with van der Waals surface area (Å²) < 4.78 is 27.7. The number of hydrogen-bond donors (Lipinski definition) is 2. The number of aromatic hydroxyl groups is 1. The Bertz CT molecular complexity index is 1350. The van der Waals surface area contributed by atoms with Crippen LogP contribution in [-0.4, -0.2) is 18.3 Å². The molecule has 2 atom stereocenters. The van der Waals surface area contributed by atoms with Crippen LogP contribution < -0.4 is 5.32 Å². The van der Waals surface area contributed by atoms with Crippen LogP contribution in [0.15, 0.2) is 93.9 Å². The maximum absolute atomic E-state index is 14.2. The third-order valence-electron chi connectivity index (χ3n) is 5.88. The molecule has 0 saturated heterocycles. The summed E-state index contributed by atoms with van der Waals surface area (Å²) in [7, 11) is -3.66. The molecule has 5 nitrogen and oxygen atoms in total. The summed E-state index contributed by atoms with van der Waals surface area (Å²) in [5.74, 6) is -0.649. The van der Waals surface area contributed by atoms with E-state index in [1.54, 1.807) is 19.9 Å². The number of rotatable bonds is 10. The Morgan fingerprint density at radius 2 is 1.36 bits per heavy atom. The SMILES string of the molecule is CCOP(=O)(OCC)C(NC(c1ccc(Br)cc1)c1c(O)ccc2ccccc12)c1ccc(Br)cc1. The van der Waals surface area contributed by atoms with E-state index in [4.69, 9.17) is 9.05 Å². The van der Waals surface area contributed by atoms with Gasteiger partial charge in [0.1, 0.15) is 11.5 Å². The highest BCUT2D eigenvalue weighted by molar-refractivity contribution is 9.10. The first-order chi connectivity index (χ1) is 17.4. The second-order valence-electron chi connectivity index (χ2n) is 8.20. The predicted octanol–water partition coefficient (Wildman–Crippen LogP) is 8.71. The van der Waals surface area contributed by atoms with Gasteiger partial charge < -0.3 is 14.2 Å². The molecule has 0 radical (unpaired) electrons. The highest BCUT2D eigenvalue weighted by Gasteiger charge is 2.39. The molecule has 0 aliphatic rings. The van der Waals surface area contributed by atoms with E-state index in [1.165, 1.54) is 0 Å². The predicted molar refractivity (Wildman–Crippen MR) is 152 cm³/mol. The Hall–Kier alpha value is -1.99. The molecule has 0 fully saturated rings. The van der Waals surface area contributed by atoms with Gasteiger partial charge in [-0.2, -0.15) is 0 Å². The molecule has 0 aliphatic heterocycles. The minimum Gasteiger partial charge on any atom is -0.508 e. The van der Waals surface area contributed by atoms with Gasteiger partial charge in [-0.25, -0.2) is 0 Å². The minimum absolute atomic E-state index is 0.145. The number of benzene rings is 4. The van der Waals surface area contributed by atoms with Crippen LogP contribution in [0.4, 0.5) is 0 Å². The quantitative estimate of drug-likeness (QED) is 0.171. The summed E-state index contributed by atoms with van der Waals surface area (Å²) in [5.41, 5.74) is 2.34. The maximum Gasteiger partial charge on any atom is 0.351 e. The molecule has 0 heterocycles. The van der Waals surface area contributed by atoms with Crippen molar-refractivity contribution in [1.29, 1.82) is 0 Å². The van der Waals surface area contributed by atoms with Crippen molar-refractivity contribution < 1.29 is 18.7 Å². The van der Waals surface area contributed by atoms with Gasteiger partial charge in [-0.05, 0) is 66.1 Å². The summed E-state index contributed by atoms with van der Waals surface area (Å²) in [6, 6.07) is 26.4. The first-order valence-electron chi connectivity index (χ1n) is 11.7. The van der Waals surface area contributed by atoms with Crippen molar-refractivity contribution in [3.8, 4) is 5.75 Å². The second-order valence-corrected chi connectivity index (χ2v) is 12.1. The fourth-order valence-corrected chi connectivity index (χ4v) is 6.80. The number of fused-ring (bicyclic) bond motifs is 1. The van der Waals surface area contributed by atoms with Crippen molar-refractivity contribution in [2.45, 2.75) is 25.7 Å². The van der Waals surface area contributed by atoms with Crippen LogP contribution in [0.1, 0.15) is 42.4 Å². The molecule has 36 heavy (non-hydrogen) atoms. The van der Waals surface area contributed by atoms with E-state index in [9.17, 15) is 9.67 Å². The number of halogens is 2. The monoisotopic (exact) mass is 631 g/mol. The topological polar surface area (TPSA) is 67.8 Å². The standard InChI is InChI=1S/C28H28Br2NO4P/c1-3-34-36(33,35-4-2)28(21-11-16-23(30)17-12-21)31-27(20-9-14-22(29)15-10-20)26-24-8-6-5-7-19(24)13-18-25(26)32/h5-18,27-28,31-32H,3-4H2,1-2H3. The van der Waals surface area contributed by atoms with Gasteiger partial charge in [0, 0.05) is 14.5 Å². The molecule has 4 rings (SSSR count). The molecule has 8 heteroatoms. The zero-order valence-electron chi connectivity index (χ0n) is 20.0. The Balaban J connectivity index is 1.93. The first-order valence-corrected chi connectivity index (χ1v) is 14.9. The van der Waals surface area contributed by atoms with E-state index in [0.29, 0.717) is 5.56 Å². The van der Waals surface area contributed by atoms with E-state index < -0.39 is 19.4 Å². The second kappa shape index (κ2) is 12.0. The lowest BCUT2D eigenvalue weighted by atomic mass is 9.92. The van der Waals surface area contributed by atoms with Crippen LogP contribution in [-0.2, 0) is 13.6 Å². The van der Waals surface area contributed by atoms with Gasteiger partial charge in [0.25, 0.3) is 0 Å². The molecular formula is C28H28Br2NO4P. The van der Waals surface area contributed by atoms with Crippen LogP contribution >= 0.6 is 39.5 Å². The number of hydrogen-bond acceptors (Lipinski definition) is 5. The molecule has 0 bridgehead atoms. The van der Waals surface area contributed by atoms with E-state index >= 15 is 0 Å². The summed E-state index contributed by atoms with van der Waals surface area (Å²) in [6.07, 6.45) is 0. The van der Waals surface area contributed by atoms with Gasteiger partial charge in [-0.15, -0.1) is 0 Å². The number of nitrogens with one attached hydrogen (secondary N) is 1. The lowest BCUT2D eigenvalue weighted by molar-refractivity contribution is 0.206. The van der Waals surface area contributed by atoms with Crippen molar-refractivity contribution >= 4 is 50.2 Å². The van der Waals surface area contributed by atoms with Gasteiger partial charge in [0.05, 0.1) is 19.3 Å². The molecule has 4 aromatic carbocycles. The van der Waals surface area contributed by atoms with E-state index in [0.717, 1.165) is 30.8 Å². The summed E-state index contributed by atoms with van der Waals surface area (Å²) in [6.45, 7) is 4.06. The molecule has 0 amide bonds. The fraction of sp³-hybridized carbons (Fsp3) is 0.214. The summed E-state index contributed by atoms with van der Waals surface area (Å²) in [4.78, 5) is 0. The van der Waals surface area contributed by atoms with Crippen LogP contribution in [0.25, 0.3) is 10.8 Å². The zero-order chi connectivity index (χ0) is 25.7. The van der Waals surface area contributed by atoms with Gasteiger partial charge in [-0.1, -0.05) is 86.5 Å². The molecule has 0 spiro atoms. The molecule has 0 aromatic heterocycles. The van der Waals surface area contributed by atoms with Crippen molar-refractivity contribution in [1.82, 2.24) is 5.32 Å². The van der Waals surface area contributed by atoms with Crippen molar-refractivity contribution in [3.05, 3.63) is 111 Å². The lowest BCUT2D eigenvalue weighted by Crippen LogP contribution is -2.29. The molecule has 0 saturated carbocycles. The first kappa shape index (κ1) is 27.1. The third kappa shape index (κ3) is 5.94. The zero-order valence-corrected chi connectivity index (χ0v) is 24.1. The largest absolute Gasteiger partial charge is 0.508 e. The Kier molecular flexibility index (Phi) is 9.05. The molecular weight excluding hydrogens is 605 g/mol. The highest BCUT2D eigenvalue weighted by Crippen LogP contribution is 2.60. The Morgan fingerprint density at radius 1 is 0.806 bits per heavy atom. The molecule has 4 aromatic rings. The van der Waals surface area contributed by atoms with Crippen LogP contribution in [0.2, 0.25) is 0 Å². The van der Waals surface area contributed by atoms with E-state index in [-0.39, 0.29) is 19.0 Å². The Morgan fingerprint density at radius 3 is 1.94 bits per heavy atom. The van der Waals surface area contributed by atoms with Gasteiger partial charge in [0.2, 0.25) is 0 Å². The van der Waals surface area contributed by atoms with Crippen LogP contribution in [0.3, 0.4) is 0 Å². The van der Waals surface area contributed by atoms with Crippen molar-refractivity contribution in [2.75, 3.05) is 13.2 Å². The van der Waals surface area contributed by atoms with Gasteiger partial charge in [-0.3, -0.25) is 9.88 Å². The smallest absolute Gasteiger partial charge is 0.351 e. The average Bonchev–Trinajstić information content (AvgIpc) is 2.87. The molecule has 2 unspecified atom stereocenters. The van der Waals surface area contributed by atoms with Gasteiger partial charge in [0.15, 0.2) is 0 Å². The van der Waals surface area contributed by atoms with Gasteiger partial charge >= 0.3 is 7.60 Å². The van der Waals surface area contributed by atoms with Crippen LogP contribution in [0, 0.1) is 0 Å². The molecule has 0 aliphatic carbocycles. The van der Waals surface area contributed by atoms with E-state index in [1.807, 2.05) is 78.9 Å².